The predicted molar refractivity (Wildman–Crippen MR) is 78.6 cm³/mol. The zero-order valence-corrected chi connectivity index (χ0v) is 12.4. The monoisotopic (exact) mass is 274 g/mol. The van der Waals surface area contributed by atoms with Crippen molar-refractivity contribution in [2.24, 2.45) is 0 Å². The van der Waals surface area contributed by atoms with Crippen molar-refractivity contribution in [2.75, 3.05) is 20.3 Å². The summed E-state index contributed by atoms with van der Waals surface area (Å²) in [6.07, 6.45) is 1.79. The van der Waals surface area contributed by atoms with Crippen molar-refractivity contribution in [3.8, 4) is 0 Å². The maximum absolute atomic E-state index is 4.98. The molecule has 1 heterocycles. The molecule has 0 aliphatic rings. The van der Waals surface area contributed by atoms with Crippen LogP contribution >= 0.6 is 0 Å². The van der Waals surface area contributed by atoms with E-state index in [-0.39, 0.29) is 0 Å². The molecule has 0 saturated heterocycles. The summed E-state index contributed by atoms with van der Waals surface area (Å²) in [5.74, 6) is 0.812. The van der Waals surface area contributed by atoms with Crippen molar-refractivity contribution < 1.29 is 4.74 Å². The summed E-state index contributed by atoms with van der Waals surface area (Å²) < 4.78 is 6.87. The number of rotatable bonds is 7. The Labute approximate surface area is 120 Å². The molecule has 1 aromatic heterocycles. The van der Waals surface area contributed by atoms with Crippen LogP contribution in [0.4, 0.5) is 0 Å². The van der Waals surface area contributed by atoms with Crippen LogP contribution in [0.15, 0.2) is 24.5 Å². The molecule has 2 aromatic rings. The standard InChI is InChI=1S/C15H22N4O/c1-12-5-4-6-13(2)14(12)10-19-11-17-15(18-19)9-16-7-8-20-3/h4-6,11,16H,7-10H2,1-3H3. The lowest BCUT2D eigenvalue weighted by atomic mass is 10.0. The van der Waals surface area contributed by atoms with Gasteiger partial charge in [-0.1, -0.05) is 18.2 Å². The second kappa shape index (κ2) is 7.17. The van der Waals surface area contributed by atoms with Gasteiger partial charge in [0.2, 0.25) is 0 Å². The quantitative estimate of drug-likeness (QED) is 0.781. The van der Waals surface area contributed by atoms with Crippen LogP contribution in [0.25, 0.3) is 0 Å². The Hall–Kier alpha value is -1.72. The minimum Gasteiger partial charge on any atom is -0.383 e. The van der Waals surface area contributed by atoms with Crippen LogP contribution in [0.1, 0.15) is 22.5 Å². The maximum atomic E-state index is 4.98. The Morgan fingerprint density at radius 1 is 1.25 bits per heavy atom. The summed E-state index contributed by atoms with van der Waals surface area (Å²) in [5, 5.41) is 7.73. The first-order valence-electron chi connectivity index (χ1n) is 6.83. The summed E-state index contributed by atoms with van der Waals surface area (Å²) in [5.41, 5.74) is 3.90. The van der Waals surface area contributed by atoms with Crippen molar-refractivity contribution in [1.82, 2.24) is 20.1 Å². The van der Waals surface area contributed by atoms with Crippen molar-refractivity contribution in [3.05, 3.63) is 47.0 Å². The first-order valence-corrected chi connectivity index (χ1v) is 6.83. The Morgan fingerprint density at radius 2 is 2.00 bits per heavy atom. The van der Waals surface area contributed by atoms with Crippen molar-refractivity contribution in [2.45, 2.75) is 26.9 Å². The number of hydrogen-bond acceptors (Lipinski definition) is 4. The second-order valence-electron chi connectivity index (χ2n) is 4.90. The fourth-order valence-corrected chi connectivity index (χ4v) is 2.13. The van der Waals surface area contributed by atoms with Gasteiger partial charge in [-0.3, -0.25) is 0 Å². The van der Waals surface area contributed by atoms with Crippen molar-refractivity contribution >= 4 is 0 Å². The van der Waals surface area contributed by atoms with E-state index in [1.807, 2.05) is 4.68 Å². The van der Waals surface area contributed by atoms with Crippen LogP contribution in [-0.4, -0.2) is 35.0 Å². The first-order chi connectivity index (χ1) is 9.70. The highest BCUT2D eigenvalue weighted by molar-refractivity contribution is 5.33. The van der Waals surface area contributed by atoms with Gasteiger partial charge in [0.25, 0.3) is 0 Å². The highest BCUT2D eigenvalue weighted by atomic mass is 16.5. The lowest BCUT2D eigenvalue weighted by molar-refractivity contribution is 0.199. The maximum Gasteiger partial charge on any atom is 0.164 e. The topological polar surface area (TPSA) is 52.0 Å². The van der Waals surface area contributed by atoms with E-state index >= 15 is 0 Å². The van der Waals surface area contributed by atoms with Gasteiger partial charge in [0.05, 0.1) is 19.7 Å². The van der Waals surface area contributed by atoms with Gasteiger partial charge in [-0.25, -0.2) is 9.67 Å². The molecule has 1 N–H and O–H groups in total. The Balaban J connectivity index is 1.96. The molecule has 0 spiro atoms. The zero-order chi connectivity index (χ0) is 14.4. The smallest absolute Gasteiger partial charge is 0.164 e. The normalized spacial score (nSPS) is 10.9. The van der Waals surface area contributed by atoms with E-state index in [1.165, 1.54) is 16.7 Å². The number of nitrogens with one attached hydrogen (secondary N) is 1. The third-order valence-electron chi connectivity index (χ3n) is 3.31. The highest BCUT2D eigenvalue weighted by Crippen LogP contribution is 2.14. The van der Waals surface area contributed by atoms with Crippen LogP contribution in [0.3, 0.4) is 0 Å². The molecule has 108 valence electrons. The molecule has 5 heteroatoms. The molecule has 2 rings (SSSR count). The number of ether oxygens (including phenoxy) is 1. The van der Waals surface area contributed by atoms with E-state index in [0.29, 0.717) is 13.2 Å². The average molecular weight is 274 g/mol. The molecule has 0 bridgehead atoms. The van der Waals surface area contributed by atoms with Crippen LogP contribution in [0.2, 0.25) is 0 Å². The molecule has 0 atom stereocenters. The summed E-state index contributed by atoms with van der Waals surface area (Å²) in [6, 6.07) is 6.35. The molecule has 0 radical (unpaired) electrons. The molecule has 0 aliphatic heterocycles. The lowest BCUT2D eigenvalue weighted by Gasteiger charge is -2.09. The van der Waals surface area contributed by atoms with Gasteiger partial charge < -0.3 is 10.1 Å². The zero-order valence-electron chi connectivity index (χ0n) is 12.4. The van der Waals surface area contributed by atoms with Crippen LogP contribution in [-0.2, 0) is 17.8 Å². The lowest BCUT2D eigenvalue weighted by Crippen LogP contribution is -2.19. The third-order valence-corrected chi connectivity index (χ3v) is 3.31. The van der Waals surface area contributed by atoms with Gasteiger partial charge in [-0.2, -0.15) is 5.10 Å². The van der Waals surface area contributed by atoms with Crippen LogP contribution in [0.5, 0.6) is 0 Å². The van der Waals surface area contributed by atoms with Gasteiger partial charge in [0, 0.05) is 13.7 Å². The van der Waals surface area contributed by atoms with E-state index in [0.717, 1.165) is 18.9 Å². The van der Waals surface area contributed by atoms with Crippen LogP contribution < -0.4 is 5.32 Å². The van der Waals surface area contributed by atoms with Gasteiger partial charge in [-0.05, 0) is 30.5 Å². The summed E-state index contributed by atoms with van der Waals surface area (Å²) >= 11 is 0. The van der Waals surface area contributed by atoms with Gasteiger partial charge in [-0.15, -0.1) is 0 Å². The van der Waals surface area contributed by atoms with Gasteiger partial charge >= 0.3 is 0 Å². The number of hydrogen-bond donors (Lipinski definition) is 1. The summed E-state index contributed by atoms with van der Waals surface area (Å²) in [6.45, 7) is 7.21. The predicted octanol–water partition coefficient (Wildman–Crippen LogP) is 1.68. The molecule has 0 saturated carbocycles. The highest BCUT2D eigenvalue weighted by Gasteiger charge is 2.05. The Bertz CT molecular complexity index is 530. The minimum atomic E-state index is 0.670. The SMILES string of the molecule is COCCNCc1ncn(Cc2c(C)cccc2C)n1. The van der Waals surface area contributed by atoms with Crippen molar-refractivity contribution in [3.63, 3.8) is 0 Å². The van der Waals surface area contributed by atoms with Gasteiger partial charge in [0.1, 0.15) is 6.33 Å². The largest absolute Gasteiger partial charge is 0.383 e. The van der Waals surface area contributed by atoms with E-state index < -0.39 is 0 Å². The number of aryl methyl sites for hydroxylation is 2. The van der Waals surface area contributed by atoms with Crippen molar-refractivity contribution in [1.29, 1.82) is 0 Å². The Morgan fingerprint density at radius 3 is 2.70 bits per heavy atom. The summed E-state index contributed by atoms with van der Waals surface area (Å²) in [4.78, 5) is 4.32. The van der Waals surface area contributed by atoms with Crippen LogP contribution in [0, 0.1) is 13.8 Å². The number of benzene rings is 1. The average Bonchev–Trinajstić information content (AvgIpc) is 2.87. The minimum absolute atomic E-state index is 0.670. The molecule has 20 heavy (non-hydrogen) atoms. The molecular formula is C15H22N4O. The second-order valence-corrected chi connectivity index (χ2v) is 4.90. The third kappa shape index (κ3) is 3.88. The number of aromatic nitrogens is 3. The molecule has 0 fully saturated rings. The molecule has 0 amide bonds. The number of nitrogens with zero attached hydrogens (tertiary/aromatic N) is 3. The fraction of sp³-hybridized carbons (Fsp3) is 0.467. The molecule has 0 unspecified atom stereocenters. The summed E-state index contributed by atoms with van der Waals surface area (Å²) in [7, 11) is 1.69. The van der Waals surface area contributed by atoms with Gasteiger partial charge in [0.15, 0.2) is 5.82 Å². The van der Waals surface area contributed by atoms with E-state index in [9.17, 15) is 0 Å². The molecule has 0 aliphatic carbocycles. The van der Waals surface area contributed by atoms with E-state index in [4.69, 9.17) is 4.74 Å². The van der Waals surface area contributed by atoms with E-state index in [1.54, 1.807) is 13.4 Å². The molecule has 5 nitrogen and oxygen atoms in total. The number of methoxy groups -OCH3 is 1. The van der Waals surface area contributed by atoms with E-state index in [2.05, 4.69) is 47.4 Å². The molecular weight excluding hydrogens is 252 g/mol. The fourth-order valence-electron chi connectivity index (χ4n) is 2.13. The molecule has 1 aromatic carbocycles. The Kier molecular flexibility index (Phi) is 5.26. The first kappa shape index (κ1) is 14.7.